The zero-order valence-electron chi connectivity index (χ0n) is 3.29. The molecule has 6 heavy (non-hydrogen) atoms. The molecule has 0 amide bonds. The quantitative estimate of drug-likeness (QED) is 0.405. The third-order valence-electron chi connectivity index (χ3n) is 0.399. The smallest absolute Gasteiger partial charge is 0.149 e. The number of hydrogen-bond acceptors (Lipinski definition) is 3. The van der Waals surface area contributed by atoms with Crippen LogP contribution in [0.4, 0.5) is 0 Å². The van der Waals surface area contributed by atoms with Crippen LogP contribution in [0.15, 0.2) is 0 Å². The Hall–Kier alpha value is -0.410. The lowest BCUT2D eigenvalue weighted by Gasteiger charge is -1.90. The Balaban J connectivity index is 2.96. The highest BCUT2D eigenvalue weighted by molar-refractivity contribution is 5.55. The van der Waals surface area contributed by atoms with E-state index >= 15 is 0 Å². The minimum absolute atomic E-state index is 0.0174. The molecule has 0 aromatic carbocycles. The molecule has 0 heterocycles. The first kappa shape index (κ1) is 5.59. The summed E-state index contributed by atoms with van der Waals surface area (Å²) in [4.78, 5) is 9.41. The minimum atomic E-state index is -0.968. The summed E-state index contributed by atoms with van der Waals surface area (Å²) in [7, 11) is 0. The molecule has 3 heteroatoms. The first-order valence-electron chi connectivity index (χ1n) is 1.64. The molecule has 3 nitrogen and oxygen atoms in total. The molecule has 0 saturated heterocycles. The molecule has 0 aliphatic carbocycles. The second-order valence-electron chi connectivity index (χ2n) is 0.939. The largest absolute Gasteiger partial charge is 0.384 e. The fraction of sp³-hybridized carbons (Fsp3) is 0.667. The van der Waals surface area contributed by atoms with Gasteiger partial charge in [-0.25, -0.2) is 0 Å². The van der Waals surface area contributed by atoms with Gasteiger partial charge in [-0.15, -0.1) is 0 Å². The molecule has 0 aliphatic rings. The van der Waals surface area contributed by atoms with Crippen LogP contribution < -0.4 is 5.73 Å². The van der Waals surface area contributed by atoms with Crippen molar-refractivity contribution in [2.75, 3.05) is 6.54 Å². The first-order chi connectivity index (χ1) is 2.81. The van der Waals surface area contributed by atoms with Gasteiger partial charge in [0.05, 0.1) is 0 Å². The number of hydrogen-bond donors (Lipinski definition) is 2. The molecule has 3 N–H and O–H groups in total. The van der Waals surface area contributed by atoms with E-state index in [1.165, 1.54) is 0 Å². The van der Waals surface area contributed by atoms with Crippen molar-refractivity contribution in [3.05, 3.63) is 0 Å². The number of carbonyl (C=O) groups is 1. The summed E-state index contributed by atoms with van der Waals surface area (Å²) in [6.45, 7) is 0.0174. The summed E-state index contributed by atoms with van der Waals surface area (Å²) >= 11 is 0. The van der Waals surface area contributed by atoms with Gasteiger partial charge in [-0.05, 0) is 0 Å². The van der Waals surface area contributed by atoms with Gasteiger partial charge in [0.2, 0.25) is 0 Å². The zero-order valence-corrected chi connectivity index (χ0v) is 3.29. The van der Waals surface area contributed by atoms with Crippen LogP contribution in [0, 0.1) is 0 Å². The monoisotopic (exact) mass is 89.0 g/mol. The van der Waals surface area contributed by atoms with Crippen molar-refractivity contribution < 1.29 is 9.90 Å². The third kappa shape index (κ3) is 1.87. The summed E-state index contributed by atoms with van der Waals surface area (Å²) < 4.78 is 0. The van der Waals surface area contributed by atoms with E-state index in [9.17, 15) is 4.79 Å². The predicted octanol–water partition coefficient (Wildman–Crippen LogP) is -1.50. The zero-order chi connectivity index (χ0) is 4.99. The summed E-state index contributed by atoms with van der Waals surface area (Å²) in [6, 6.07) is 0. The van der Waals surface area contributed by atoms with E-state index in [4.69, 9.17) is 10.8 Å². The Labute approximate surface area is 35.8 Å². The fourth-order valence-corrected chi connectivity index (χ4v) is 0.0556. The lowest BCUT2D eigenvalue weighted by molar-refractivity contribution is -0.114. The molecule has 0 aliphatic heterocycles. The molecule has 1 unspecified atom stereocenters. The SMILES string of the molecule is NCC(O)C=O. The van der Waals surface area contributed by atoms with Gasteiger partial charge in [0.1, 0.15) is 12.4 Å². The molecular formula is C3H7NO2. The molecule has 1 atom stereocenters. The maximum Gasteiger partial charge on any atom is 0.149 e. The highest BCUT2D eigenvalue weighted by Gasteiger charge is 1.91. The summed E-state index contributed by atoms with van der Waals surface area (Å²) in [6.07, 6.45) is -0.565. The second-order valence-corrected chi connectivity index (χ2v) is 0.939. The van der Waals surface area contributed by atoms with E-state index in [2.05, 4.69) is 0 Å². The molecule has 0 fully saturated rings. The molecule has 0 bridgehead atoms. The normalized spacial score (nSPS) is 13.7. The van der Waals surface area contributed by atoms with Crippen molar-refractivity contribution in [2.24, 2.45) is 5.73 Å². The Morgan fingerprint density at radius 3 is 2.50 bits per heavy atom. The van der Waals surface area contributed by atoms with Crippen LogP contribution in [0.2, 0.25) is 0 Å². The van der Waals surface area contributed by atoms with E-state index in [-0.39, 0.29) is 6.54 Å². The lowest BCUT2D eigenvalue weighted by Crippen LogP contribution is -2.20. The number of carbonyl (C=O) groups excluding carboxylic acids is 1. The van der Waals surface area contributed by atoms with Crippen molar-refractivity contribution in [1.29, 1.82) is 0 Å². The van der Waals surface area contributed by atoms with Gasteiger partial charge < -0.3 is 15.6 Å². The van der Waals surface area contributed by atoms with Crippen LogP contribution in [0.25, 0.3) is 0 Å². The van der Waals surface area contributed by atoms with Crippen molar-refractivity contribution in [1.82, 2.24) is 0 Å². The molecule has 0 radical (unpaired) electrons. The number of aldehydes is 1. The van der Waals surface area contributed by atoms with Gasteiger partial charge >= 0.3 is 0 Å². The van der Waals surface area contributed by atoms with E-state index < -0.39 is 6.10 Å². The topological polar surface area (TPSA) is 63.3 Å². The number of aliphatic hydroxyl groups excluding tert-OH is 1. The van der Waals surface area contributed by atoms with Gasteiger partial charge in [-0.1, -0.05) is 0 Å². The van der Waals surface area contributed by atoms with E-state index in [0.29, 0.717) is 6.29 Å². The van der Waals surface area contributed by atoms with Gasteiger partial charge in [0.25, 0.3) is 0 Å². The maximum absolute atomic E-state index is 9.41. The summed E-state index contributed by atoms with van der Waals surface area (Å²) in [5.74, 6) is 0. The van der Waals surface area contributed by atoms with Crippen LogP contribution in [-0.2, 0) is 4.79 Å². The predicted molar refractivity (Wildman–Crippen MR) is 21.1 cm³/mol. The first-order valence-corrected chi connectivity index (χ1v) is 1.64. The Kier molecular flexibility index (Phi) is 2.62. The molecule has 0 aromatic rings. The van der Waals surface area contributed by atoms with Crippen molar-refractivity contribution in [3.8, 4) is 0 Å². The highest BCUT2D eigenvalue weighted by Crippen LogP contribution is 1.63. The maximum atomic E-state index is 9.41. The molecule has 0 aromatic heterocycles. The van der Waals surface area contributed by atoms with Gasteiger partial charge in [0, 0.05) is 6.54 Å². The third-order valence-corrected chi connectivity index (χ3v) is 0.399. The van der Waals surface area contributed by atoms with Gasteiger partial charge in [-0.3, -0.25) is 0 Å². The van der Waals surface area contributed by atoms with Crippen LogP contribution in [-0.4, -0.2) is 24.0 Å². The Bertz CT molecular complexity index is 46.1. The molecule has 0 saturated carbocycles. The van der Waals surface area contributed by atoms with Gasteiger partial charge in [0.15, 0.2) is 0 Å². The Morgan fingerprint density at radius 1 is 2.00 bits per heavy atom. The van der Waals surface area contributed by atoms with E-state index in [1.807, 2.05) is 0 Å². The van der Waals surface area contributed by atoms with E-state index in [1.54, 1.807) is 0 Å². The number of aliphatic hydroxyl groups is 1. The minimum Gasteiger partial charge on any atom is -0.384 e. The van der Waals surface area contributed by atoms with Crippen LogP contribution in [0.3, 0.4) is 0 Å². The molecule has 36 valence electrons. The van der Waals surface area contributed by atoms with Crippen LogP contribution in [0.5, 0.6) is 0 Å². The van der Waals surface area contributed by atoms with Crippen molar-refractivity contribution in [2.45, 2.75) is 6.10 Å². The molecule has 0 rings (SSSR count). The fourth-order valence-electron chi connectivity index (χ4n) is 0.0556. The van der Waals surface area contributed by atoms with Crippen LogP contribution >= 0.6 is 0 Å². The Morgan fingerprint density at radius 2 is 2.50 bits per heavy atom. The molecule has 0 spiro atoms. The molecular weight excluding hydrogens is 82.0 g/mol. The average Bonchev–Trinajstić information content (AvgIpc) is 1.65. The second kappa shape index (κ2) is 2.81. The summed E-state index contributed by atoms with van der Waals surface area (Å²) in [5, 5.41) is 8.17. The highest BCUT2D eigenvalue weighted by atomic mass is 16.3. The van der Waals surface area contributed by atoms with Crippen molar-refractivity contribution >= 4 is 6.29 Å². The lowest BCUT2D eigenvalue weighted by atomic mass is 10.4. The van der Waals surface area contributed by atoms with Gasteiger partial charge in [-0.2, -0.15) is 0 Å². The number of rotatable bonds is 2. The average molecular weight is 89.1 g/mol. The number of nitrogens with two attached hydrogens (primary N) is 1. The van der Waals surface area contributed by atoms with Crippen LogP contribution in [0.1, 0.15) is 0 Å². The standard InChI is InChI=1S/C3H7NO2/c4-1-3(6)2-5/h2-3,6H,1,4H2. The summed E-state index contributed by atoms with van der Waals surface area (Å²) in [5.41, 5.74) is 4.80. The van der Waals surface area contributed by atoms with E-state index in [0.717, 1.165) is 0 Å². The van der Waals surface area contributed by atoms with Crippen molar-refractivity contribution in [3.63, 3.8) is 0 Å².